The number of hydrogen-bond acceptors (Lipinski definition) is 12. The van der Waals surface area contributed by atoms with Crippen LogP contribution in [-0.2, 0) is 0 Å². The van der Waals surface area contributed by atoms with Gasteiger partial charge in [0.1, 0.15) is 22.5 Å². The van der Waals surface area contributed by atoms with Crippen molar-refractivity contribution in [2.45, 2.75) is 13.8 Å². The molecule has 0 aliphatic carbocycles. The molecule has 0 unspecified atom stereocenters. The molecule has 6 aromatic rings. The zero-order valence-electron chi connectivity index (χ0n) is 25.2. The number of rotatable bonds is 4. The van der Waals surface area contributed by atoms with E-state index >= 15 is 0 Å². The summed E-state index contributed by atoms with van der Waals surface area (Å²) in [5.41, 5.74) is 16.8. The van der Waals surface area contributed by atoms with Crippen molar-refractivity contribution in [2.75, 3.05) is 25.7 Å². The van der Waals surface area contributed by atoms with Crippen molar-refractivity contribution in [3.05, 3.63) is 98.8 Å². The third kappa shape index (κ3) is 7.66. The summed E-state index contributed by atoms with van der Waals surface area (Å²) in [5.74, 6) is 1.08. The van der Waals surface area contributed by atoms with Gasteiger partial charge in [-0.2, -0.15) is 0 Å². The van der Waals surface area contributed by atoms with Gasteiger partial charge in [-0.25, -0.2) is 9.97 Å². The van der Waals surface area contributed by atoms with Crippen molar-refractivity contribution >= 4 is 62.5 Å². The van der Waals surface area contributed by atoms with Gasteiger partial charge in [0.05, 0.1) is 28.9 Å². The Labute approximate surface area is 272 Å². The number of aromatic nitrogens is 6. The second kappa shape index (κ2) is 14.6. The van der Waals surface area contributed by atoms with Gasteiger partial charge >= 0.3 is 7.12 Å². The normalized spacial score (nSPS) is 10.4. The Bertz CT molecular complexity index is 2020. The third-order valence-corrected chi connectivity index (χ3v) is 7.34. The van der Waals surface area contributed by atoms with Crippen LogP contribution in [0.5, 0.6) is 11.5 Å². The lowest BCUT2D eigenvalue weighted by molar-refractivity contribution is -0.641. The quantitative estimate of drug-likeness (QED) is 0.119. The number of nitrogens with zero attached hydrogens (tertiary/aromatic N) is 6. The van der Waals surface area contributed by atoms with E-state index in [1.807, 2.05) is 50.2 Å². The molecule has 46 heavy (non-hydrogen) atoms. The number of halogens is 1. The molecular weight excluding hydrogens is 659 g/mol. The summed E-state index contributed by atoms with van der Waals surface area (Å²) >= 11 is 3.27. The Balaban J connectivity index is 0.000000168. The molecule has 0 atom stereocenters. The van der Waals surface area contributed by atoms with Gasteiger partial charge in [0.15, 0.2) is 0 Å². The highest BCUT2D eigenvalue weighted by atomic mass is 79.9. The zero-order chi connectivity index (χ0) is 33.5. The lowest BCUT2D eigenvalue weighted by atomic mass is 9.77. The number of ether oxygens (including phenoxy) is 2. The van der Waals surface area contributed by atoms with Gasteiger partial charge in [-0.3, -0.25) is 0 Å². The minimum atomic E-state index is -1.35. The second-order valence-electron chi connectivity index (χ2n) is 9.75. The topological polar surface area (TPSA) is 216 Å². The SMILES string of the molecule is COc1cc2nc(N)n[n+]([O-])c2cc1-c1ccccc1C.COc1cc2nc(N)n[n+]([O-])c2cc1Br.Cc1ccccc1B(O)O. The van der Waals surface area contributed by atoms with Gasteiger partial charge in [0.2, 0.25) is 0 Å². The van der Waals surface area contributed by atoms with Gasteiger partial charge in [0, 0.05) is 29.8 Å². The summed E-state index contributed by atoms with van der Waals surface area (Å²) in [6.45, 7) is 3.85. The van der Waals surface area contributed by atoms with Crippen LogP contribution in [0.15, 0.2) is 77.3 Å². The molecular formula is C30H30BBrN8O6. The highest BCUT2D eigenvalue weighted by Crippen LogP contribution is 2.34. The molecule has 2 aromatic heterocycles. The molecule has 6 rings (SSSR count). The van der Waals surface area contributed by atoms with Crippen LogP contribution in [0, 0.1) is 24.3 Å². The van der Waals surface area contributed by atoms with E-state index in [2.05, 4.69) is 36.1 Å². The smallest absolute Gasteiger partial charge is 0.488 e. The number of methoxy groups -OCH3 is 2. The first kappa shape index (κ1) is 33.6. The van der Waals surface area contributed by atoms with E-state index in [1.54, 1.807) is 43.5 Å². The Kier molecular flexibility index (Phi) is 10.7. The van der Waals surface area contributed by atoms with E-state index in [1.165, 1.54) is 7.11 Å². The standard InChI is InChI=1S/C15H14N4O2.C8H7BrN4O2.C7H9BO2/c1-9-5-3-4-6-10(9)11-7-13-12(8-14(11)21-2)17-15(16)18-19(13)20;1-15-7-3-5-6(2-4(7)9)13(14)12-8(10)11-5;1-6-4-2-3-5-7(6)8(9)10/h3-8H,1-2H3,(H2,16,17,18);2-3H,1H3,(H2,10,11,12);2-5,9-10H,1H3. The number of nitrogen functional groups attached to an aromatic ring is 2. The highest BCUT2D eigenvalue weighted by molar-refractivity contribution is 9.10. The minimum Gasteiger partial charge on any atom is -0.594 e. The fraction of sp³-hybridized carbons (Fsp3) is 0.133. The number of nitrogens with two attached hydrogens (primary N) is 2. The summed E-state index contributed by atoms with van der Waals surface area (Å²) in [5, 5.41) is 47.9. The Morgan fingerprint density at radius 2 is 1.22 bits per heavy atom. The molecule has 0 radical (unpaired) electrons. The number of hydrogen-bond donors (Lipinski definition) is 4. The summed E-state index contributed by atoms with van der Waals surface area (Å²) < 4.78 is 11.2. The van der Waals surface area contributed by atoms with Gasteiger partial charge < -0.3 is 41.4 Å². The first-order chi connectivity index (χ1) is 21.9. The Morgan fingerprint density at radius 1 is 0.717 bits per heavy atom. The van der Waals surface area contributed by atoms with Crippen LogP contribution >= 0.6 is 15.9 Å². The fourth-order valence-corrected chi connectivity index (χ4v) is 4.94. The Hall–Kier alpha value is -5.32. The van der Waals surface area contributed by atoms with Crippen LogP contribution < -0.4 is 36.1 Å². The molecule has 4 aromatic carbocycles. The number of aryl methyl sites for hydroxylation is 2. The van der Waals surface area contributed by atoms with E-state index in [0.29, 0.717) is 53.2 Å². The van der Waals surface area contributed by atoms with Gasteiger partial charge in [0.25, 0.3) is 22.9 Å². The van der Waals surface area contributed by atoms with E-state index < -0.39 is 7.12 Å². The molecule has 14 nitrogen and oxygen atoms in total. The van der Waals surface area contributed by atoms with Crippen molar-refractivity contribution < 1.29 is 29.2 Å². The van der Waals surface area contributed by atoms with Crippen LogP contribution in [0.3, 0.4) is 0 Å². The Morgan fingerprint density at radius 3 is 1.72 bits per heavy atom. The third-order valence-electron chi connectivity index (χ3n) is 6.72. The maximum Gasteiger partial charge on any atom is 0.488 e. The van der Waals surface area contributed by atoms with Gasteiger partial charge in [-0.15, -0.1) is 0 Å². The second-order valence-corrected chi connectivity index (χ2v) is 10.6. The average molecular weight is 689 g/mol. The molecule has 0 aliphatic rings. The lowest BCUT2D eigenvalue weighted by Gasteiger charge is -2.11. The van der Waals surface area contributed by atoms with Crippen molar-refractivity contribution in [3.63, 3.8) is 0 Å². The molecule has 16 heteroatoms. The molecule has 0 saturated heterocycles. The molecule has 0 amide bonds. The van der Waals surface area contributed by atoms with Gasteiger partial charge in [-0.05, 0) is 56.1 Å². The lowest BCUT2D eigenvalue weighted by Crippen LogP contribution is -2.33. The monoisotopic (exact) mass is 688 g/mol. The largest absolute Gasteiger partial charge is 0.594 e. The number of anilines is 2. The summed E-state index contributed by atoms with van der Waals surface area (Å²) in [6.07, 6.45) is 0. The van der Waals surface area contributed by atoms with Crippen molar-refractivity contribution in [3.8, 4) is 22.6 Å². The number of benzene rings is 4. The first-order valence-corrected chi connectivity index (χ1v) is 14.4. The van der Waals surface area contributed by atoms with Crippen LogP contribution in [0.4, 0.5) is 11.9 Å². The summed E-state index contributed by atoms with van der Waals surface area (Å²) in [6, 6.07) is 21.7. The van der Waals surface area contributed by atoms with Crippen LogP contribution in [-0.4, -0.2) is 51.6 Å². The fourth-order valence-electron chi connectivity index (χ4n) is 4.45. The predicted octanol–water partition coefficient (Wildman–Crippen LogP) is 2.12. The van der Waals surface area contributed by atoms with Crippen LogP contribution in [0.25, 0.3) is 33.2 Å². The molecule has 236 valence electrons. The first-order valence-electron chi connectivity index (χ1n) is 13.6. The summed E-state index contributed by atoms with van der Waals surface area (Å²) in [7, 11) is 1.77. The van der Waals surface area contributed by atoms with E-state index in [4.69, 9.17) is 31.0 Å². The molecule has 0 aliphatic heterocycles. The van der Waals surface area contributed by atoms with E-state index in [0.717, 1.165) is 22.3 Å². The maximum atomic E-state index is 11.9. The van der Waals surface area contributed by atoms with Crippen LogP contribution in [0.1, 0.15) is 11.1 Å². The predicted molar refractivity (Wildman–Crippen MR) is 178 cm³/mol. The summed E-state index contributed by atoms with van der Waals surface area (Å²) in [4.78, 5) is 8.92. The van der Waals surface area contributed by atoms with Crippen molar-refractivity contribution in [1.29, 1.82) is 0 Å². The minimum absolute atomic E-state index is 0.0665. The maximum absolute atomic E-state index is 11.9. The molecule has 0 saturated carbocycles. The van der Waals surface area contributed by atoms with Crippen molar-refractivity contribution in [2.24, 2.45) is 0 Å². The highest BCUT2D eigenvalue weighted by Gasteiger charge is 2.17. The molecule has 0 fully saturated rings. The van der Waals surface area contributed by atoms with E-state index in [9.17, 15) is 10.4 Å². The van der Waals surface area contributed by atoms with Crippen molar-refractivity contribution in [1.82, 2.24) is 20.2 Å². The van der Waals surface area contributed by atoms with Gasteiger partial charge in [-0.1, -0.05) is 54.1 Å². The average Bonchev–Trinajstić information content (AvgIpc) is 3.01. The molecule has 2 heterocycles. The number of fused-ring (bicyclic) bond motifs is 2. The van der Waals surface area contributed by atoms with Crippen LogP contribution in [0.2, 0.25) is 0 Å². The molecule has 0 bridgehead atoms. The molecule has 6 N–H and O–H groups in total. The van der Waals surface area contributed by atoms with E-state index in [-0.39, 0.29) is 11.9 Å². The molecule has 0 spiro atoms. The zero-order valence-corrected chi connectivity index (χ0v) is 26.8.